The first kappa shape index (κ1) is 12.0. The first-order valence-electron chi connectivity index (χ1n) is 6.08. The van der Waals surface area contributed by atoms with E-state index in [2.05, 4.69) is 26.2 Å². The molecule has 1 rings (SSSR count). The molecular formula is C12H26N2. The fourth-order valence-electron chi connectivity index (χ4n) is 2.39. The van der Waals surface area contributed by atoms with Crippen LogP contribution in [0, 0.1) is 11.3 Å². The normalized spacial score (nSPS) is 26.1. The summed E-state index contributed by atoms with van der Waals surface area (Å²) in [5.41, 5.74) is 3.54. The van der Waals surface area contributed by atoms with Gasteiger partial charge in [0.05, 0.1) is 0 Å². The predicted octanol–water partition coefficient (Wildman–Crippen LogP) is 2.83. The summed E-state index contributed by atoms with van der Waals surface area (Å²) in [6.07, 6.45) is 7.97. The molecule has 14 heavy (non-hydrogen) atoms. The van der Waals surface area contributed by atoms with Crippen molar-refractivity contribution in [1.82, 2.24) is 5.43 Å². The maximum Gasteiger partial charge on any atom is 0.0244 e. The minimum Gasteiger partial charge on any atom is -0.271 e. The van der Waals surface area contributed by atoms with Gasteiger partial charge in [-0.1, -0.05) is 46.5 Å². The Balaban J connectivity index is 2.14. The molecule has 84 valence electrons. The van der Waals surface area contributed by atoms with Gasteiger partial charge in [-0.05, 0) is 24.2 Å². The number of hydrogen-bond acceptors (Lipinski definition) is 2. The lowest BCUT2D eigenvalue weighted by Gasteiger charge is -2.17. The van der Waals surface area contributed by atoms with Crippen LogP contribution in [0.1, 0.15) is 59.3 Å². The Morgan fingerprint density at radius 1 is 1.36 bits per heavy atom. The largest absolute Gasteiger partial charge is 0.271 e. The Hall–Kier alpha value is -0.0800. The minimum absolute atomic E-state index is 0.543. The van der Waals surface area contributed by atoms with E-state index in [0.29, 0.717) is 11.5 Å². The van der Waals surface area contributed by atoms with Gasteiger partial charge in [0.1, 0.15) is 0 Å². The van der Waals surface area contributed by atoms with Crippen molar-refractivity contribution in [2.24, 2.45) is 17.2 Å². The van der Waals surface area contributed by atoms with Crippen molar-refractivity contribution in [2.75, 3.05) is 0 Å². The van der Waals surface area contributed by atoms with E-state index in [1.807, 2.05) is 0 Å². The molecule has 0 spiro atoms. The third-order valence-corrected chi connectivity index (χ3v) is 3.66. The summed E-state index contributed by atoms with van der Waals surface area (Å²) < 4.78 is 0. The molecule has 1 saturated carbocycles. The molecule has 1 fully saturated rings. The second-order valence-electron chi connectivity index (χ2n) is 5.42. The van der Waals surface area contributed by atoms with Crippen LogP contribution in [0.25, 0.3) is 0 Å². The second-order valence-corrected chi connectivity index (χ2v) is 5.42. The fraction of sp³-hybridized carbons (Fsp3) is 1.00. The summed E-state index contributed by atoms with van der Waals surface area (Å²) in [5.74, 6) is 6.41. The standard InChI is InChI=1S/C12H26N2/c1-4-5-6-7-8-11(14-13)10-9-12(10,2)3/h10-11,14H,4-9,13H2,1-3H3. The third-order valence-electron chi connectivity index (χ3n) is 3.66. The van der Waals surface area contributed by atoms with E-state index in [-0.39, 0.29) is 0 Å². The van der Waals surface area contributed by atoms with Crippen molar-refractivity contribution in [3.8, 4) is 0 Å². The number of rotatable bonds is 7. The average molecular weight is 198 g/mol. The highest BCUT2D eigenvalue weighted by Crippen LogP contribution is 2.54. The highest BCUT2D eigenvalue weighted by molar-refractivity contribution is 5.01. The number of nitrogens with two attached hydrogens (primary N) is 1. The molecule has 3 N–H and O–H groups in total. The number of hydrazine groups is 1. The minimum atomic E-state index is 0.543. The Morgan fingerprint density at radius 3 is 2.43 bits per heavy atom. The molecule has 0 aliphatic heterocycles. The van der Waals surface area contributed by atoms with Gasteiger partial charge in [-0.2, -0.15) is 0 Å². The fourth-order valence-corrected chi connectivity index (χ4v) is 2.39. The number of unbranched alkanes of at least 4 members (excludes halogenated alkanes) is 3. The summed E-state index contributed by atoms with van der Waals surface area (Å²) in [4.78, 5) is 0. The lowest BCUT2D eigenvalue weighted by molar-refractivity contribution is 0.378. The smallest absolute Gasteiger partial charge is 0.0244 e. The van der Waals surface area contributed by atoms with Crippen LogP contribution >= 0.6 is 0 Å². The van der Waals surface area contributed by atoms with Crippen LogP contribution in [0.3, 0.4) is 0 Å². The van der Waals surface area contributed by atoms with Gasteiger partial charge in [0.15, 0.2) is 0 Å². The molecule has 0 aromatic rings. The molecule has 2 heteroatoms. The summed E-state index contributed by atoms with van der Waals surface area (Å²) in [7, 11) is 0. The molecule has 0 radical (unpaired) electrons. The van der Waals surface area contributed by atoms with Crippen molar-refractivity contribution >= 4 is 0 Å². The molecule has 2 unspecified atom stereocenters. The molecule has 0 bridgehead atoms. The van der Waals surface area contributed by atoms with E-state index in [0.717, 1.165) is 5.92 Å². The van der Waals surface area contributed by atoms with Gasteiger partial charge in [-0.3, -0.25) is 11.3 Å². The number of hydrogen-bond donors (Lipinski definition) is 2. The van der Waals surface area contributed by atoms with E-state index in [1.54, 1.807) is 0 Å². The maximum absolute atomic E-state index is 5.60. The Bertz CT molecular complexity index is 166. The number of nitrogens with one attached hydrogen (secondary N) is 1. The molecule has 2 nitrogen and oxygen atoms in total. The Morgan fingerprint density at radius 2 is 2.00 bits per heavy atom. The zero-order chi connectivity index (χ0) is 10.6. The average Bonchev–Trinajstić information content (AvgIpc) is 2.75. The molecule has 0 aromatic heterocycles. The topological polar surface area (TPSA) is 38.0 Å². The van der Waals surface area contributed by atoms with Gasteiger partial charge in [-0.15, -0.1) is 0 Å². The van der Waals surface area contributed by atoms with Crippen LogP contribution in [-0.2, 0) is 0 Å². The first-order chi connectivity index (χ1) is 6.61. The zero-order valence-corrected chi connectivity index (χ0v) is 9.97. The highest BCUT2D eigenvalue weighted by atomic mass is 15.2. The van der Waals surface area contributed by atoms with Crippen LogP contribution in [0.15, 0.2) is 0 Å². The molecule has 0 amide bonds. The molecular weight excluding hydrogens is 172 g/mol. The molecule has 0 saturated heterocycles. The van der Waals surface area contributed by atoms with Gasteiger partial charge >= 0.3 is 0 Å². The summed E-state index contributed by atoms with van der Waals surface area (Å²) in [6, 6.07) is 0.557. The quantitative estimate of drug-likeness (QED) is 0.375. The molecule has 1 aliphatic rings. The van der Waals surface area contributed by atoms with Crippen LogP contribution in [0.5, 0.6) is 0 Å². The van der Waals surface area contributed by atoms with Crippen molar-refractivity contribution in [3.05, 3.63) is 0 Å². The van der Waals surface area contributed by atoms with E-state index in [1.165, 1.54) is 38.5 Å². The zero-order valence-electron chi connectivity index (χ0n) is 9.97. The van der Waals surface area contributed by atoms with Crippen LogP contribution in [0.4, 0.5) is 0 Å². The van der Waals surface area contributed by atoms with E-state index in [4.69, 9.17) is 5.84 Å². The summed E-state index contributed by atoms with van der Waals surface area (Å²) in [5, 5.41) is 0. The van der Waals surface area contributed by atoms with Crippen molar-refractivity contribution in [1.29, 1.82) is 0 Å². The lowest BCUT2D eigenvalue weighted by atomic mass is 9.99. The van der Waals surface area contributed by atoms with Crippen molar-refractivity contribution in [3.63, 3.8) is 0 Å². The first-order valence-corrected chi connectivity index (χ1v) is 6.08. The van der Waals surface area contributed by atoms with Crippen LogP contribution < -0.4 is 11.3 Å². The van der Waals surface area contributed by atoms with Gasteiger partial charge in [0, 0.05) is 6.04 Å². The molecule has 1 aliphatic carbocycles. The van der Waals surface area contributed by atoms with E-state index in [9.17, 15) is 0 Å². The van der Waals surface area contributed by atoms with Gasteiger partial charge in [0.25, 0.3) is 0 Å². The maximum atomic E-state index is 5.60. The highest BCUT2D eigenvalue weighted by Gasteiger charge is 2.49. The molecule has 0 aromatic carbocycles. The van der Waals surface area contributed by atoms with Crippen molar-refractivity contribution < 1.29 is 0 Å². The summed E-state index contributed by atoms with van der Waals surface area (Å²) >= 11 is 0. The predicted molar refractivity (Wildman–Crippen MR) is 61.8 cm³/mol. The van der Waals surface area contributed by atoms with Gasteiger partial charge in [0.2, 0.25) is 0 Å². The van der Waals surface area contributed by atoms with Gasteiger partial charge < -0.3 is 0 Å². The van der Waals surface area contributed by atoms with E-state index >= 15 is 0 Å². The van der Waals surface area contributed by atoms with E-state index < -0.39 is 0 Å². The van der Waals surface area contributed by atoms with Gasteiger partial charge in [-0.25, -0.2) is 0 Å². The Labute approximate surface area is 88.6 Å². The molecule has 0 heterocycles. The van der Waals surface area contributed by atoms with Crippen LogP contribution in [-0.4, -0.2) is 6.04 Å². The SMILES string of the molecule is CCCCCCC(NN)C1CC1(C)C. The molecule has 2 atom stereocenters. The second kappa shape index (κ2) is 5.13. The summed E-state index contributed by atoms with van der Waals surface area (Å²) in [6.45, 7) is 6.94. The third kappa shape index (κ3) is 3.25. The Kier molecular flexibility index (Phi) is 4.39. The van der Waals surface area contributed by atoms with Crippen LogP contribution in [0.2, 0.25) is 0 Å². The monoisotopic (exact) mass is 198 g/mol. The van der Waals surface area contributed by atoms with Crippen molar-refractivity contribution in [2.45, 2.75) is 65.3 Å². The lowest BCUT2D eigenvalue weighted by Crippen LogP contribution is -2.37.